The van der Waals surface area contributed by atoms with Crippen molar-refractivity contribution in [1.29, 1.82) is 0 Å². The zero-order valence-corrected chi connectivity index (χ0v) is 18.1. The van der Waals surface area contributed by atoms with E-state index < -0.39 is 14.0 Å². The van der Waals surface area contributed by atoms with E-state index in [4.69, 9.17) is 4.74 Å². The third kappa shape index (κ3) is 4.73. The number of hydrogen-bond donors (Lipinski definition) is 1. The minimum atomic E-state index is -1.18. The maximum atomic E-state index is 11.7. The number of fused-ring (bicyclic) bond motifs is 1. The first-order chi connectivity index (χ1) is 13.8. The molecule has 3 aromatic rings. The third-order valence-corrected chi connectivity index (χ3v) is 6.79. The van der Waals surface area contributed by atoms with Gasteiger partial charge in [0.2, 0.25) is 0 Å². The van der Waals surface area contributed by atoms with Crippen molar-refractivity contribution in [3.8, 4) is 11.4 Å². The van der Waals surface area contributed by atoms with Crippen LogP contribution in [0.4, 0.5) is 0 Å². The molecule has 0 aliphatic heterocycles. The number of carbonyl (C=O) groups is 1. The number of imidazole rings is 1. The zero-order valence-electron chi connectivity index (χ0n) is 17.1. The van der Waals surface area contributed by atoms with Crippen molar-refractivity contribution < 1.29 is 14.6 Å². The predicted octanol–water partition coefficient (Wildman–Crippen LogP) is 3.72. The maximum absolute atomic E-state index is 11.7. The second kappa shape index (κ2) is 7.72. The molecule has 1 aliphatic rings. The fourth-order valence-electron chi connectivity index (χ4n) is 3.16. The number of nitrogens with zero attached hydrogens (tertiary/aromatic N) is 5. The van der Waals surface area contributed by atoms with Crippen LogP contribution in [0.25, 0.3) is 22.6 Å². The highest BCUT2D eigenvalue weighted by atomic mass is 28.3. The standard InChI is InChI=1S/C20H27N5O3Si/c1-29(2,3)7-6-28-13-25-10-15(20(26)27)18-19(25)21-8-16(23-18)17-11-24(12-22-17)9-14-4-5-14/h8,10-12,14H,4-7,9,13H2,1-3H3,(H,26,27). The molecule has 29 heavy (non-hydrogen) atoms. The van der Waals surface area contributed by atoms with Crippen LogP contribution in [0.3, 0.4) is 0 Å². The minimum absolute atomic E-state index is 0.126. The lowest BCUT2D eigenvalue weighted by atomic mass is 10.3. The Bertz CT molecular complexity index is 1030. The van der Waals surface area contributed by atoms with Crippen molar-refractivity contribution in [2.75, 3.05) is 6.61 Å². The van der Waals surface area contributed by atoms with Crippen LogP contribution in [0.1, 0.15) is 23.2 Å². The van der Waals surface area contributed by atoms with Gasteiger partial charge in [0.25, 0.3) is 0 Å². The van der Waals surface area contributed by atoms with E-state index in [2.05, 4.69) is 39.2 Å². The zero-order chi connectivity index (χ0) is 20.6. The summed E-state index contributed by atoms with van der Waals surface area (Å²) in [6.07, 6.45) is 9.50. The second-order valence-electron chi connectivity index (χ2n) is 8.99. The quantitative estimate of drug-likeness (QED) is 0.424. The van der Waals surface area contributed by atoms with Gasteiger partial charge in [0.1, 0.15) is 29.2 Å². The number of aromatic nitrogens is 5. The summed E-state index contributed by atoms with van der Waals surface area (Å²) in [7, 11) is -1.18. The molecular weight excluding hydrogens is 386 g/mol. The van der Waals surface area contributed by atoms with Crippen LogP contribution in [-0.4, -0.2) is 49.8 Å². The summed E-state index contributed by atoms with van der Waals surface area (Å²) >= 11 is 0. The molecule has 8 nitrogen and oxygen atoms in total. The summed E-state index contributed by atoms with van der Waals surface area (Å²) in [5.41, 5.74) is 2.28. The Morgan fingerprint density at radius 2 is 2.03 bits per heavy atom. The smallest absolute Gasteiger partial charge is 0.339 e. The Balaban J connectivity index is 1.57. The molecule has 3 aromatic heterocycles. The van der Waals surface area contributed by atoms with Crippen LogP contribution in [0.5, 0.6) is 0 Å². The molecular formula is C20H27N5O3Si. The SMILES string of the molecule is C[Si](C)(C)CCOCn1cc(C(=O)O)c2nc(-c3cn(CC4CC4)cn3)cnc21. The molecule has 0 amide bonds. The molecule has 0 aromatic carbocycles. The Morgan fingerprint density at radius 1 is 1.24 bits per heavy atom. The van der Waals surface area contributed by atoms with E-state index in [0.29, 0.717) is 29.2 Å². The van der Waals surface area contributed by atoms with E-state index in [9.17, 15) is 9.90 Å². The Hall–Kier alpha value is -2.52. The van der Waals surface area contributed by atoms with E-state index >= 15 is 0 Å². The lowest BCUT2D eigenvalue weighted by molar-refractivity contribution is 0.0696. The molecule has 1 N–H and O–H groups in total. The Kier molecular flexibility index (Phi) is 5.26. The van der Waals surface area contributed by atoms with Crippen LogP contribution < -0.4 is 0 Å². The summed E-state index contributed by atoms with van der Waals surface area (Å²) in [6, 6.07) is 1.05. The van der Waals surface area contributed by atoms with E-state index in [1.807, 2.05) is 6.20 Å². The summed E-state index contributed by atoms with van der Waals surface area (Å²) in [4.78, 5) is 25.2. The molecule has 9 heteroatoms. The molecule has 3 heterocycles. The largest absolute Gasteiger partial charge is 0.478 e. The first-order valence-corrected chi connectivity index (χ1v) is 13.7. The van der Waals surface area contributed by atoms with Gasteiger partial charge < -0.3 is 19.0 Å². The molecule has 1 fully saturated rings. The lowest BCUT2D eigenvalue weighted by Gasteiger charge is -2.15. The molecule has 1 saturated carbocycles. The average Bonchev–Trinajstić information content (AvgIpc) is 3.21. The molecule has 0 radical (unpaired) electrons. The molecule has 0 bridgehead atoms. The van der Waals surface area contributed by atoms with Gasteiger partial charge in [-0.25, -0.2) is 19.7 Å². The van der Waals surface area contributed by atoms with Gasteiger partial charge >= 0.3 is 5.97 Å². The van der Waals surface area contributed by atoms with Crippen LogP contribution in [0.2, 0.25) is 25.7 Å². The predicted molar refractivity (Wildman–Crippen MR) is 113 cm³/mol. The molecule has 4 rings (SSSR count). The van der Waals surface area contributed by atoms with Gasteiger partial charge in [-0.1, -0.05) is 19.6 Å². The molecule has 0 atom stereocenters. The summed E-state index contributed by atoms with van der Waals surface area (Å²) in [6.45, 7) is 8.77. The van der Waals surface area contributed by atoms with Gasteiger partial charge in [-0.05, 0) is 24.8 Å². The number of rotatable bonds is 9. The van der Waals surface area contributed by atoms with Gasteiger partial charge in [-0.3, -0.25) is 0 Å². The van der Waals surface area contributed by atoms with Crippen molar-refractivity contribution in [1.82, 2.24) is 24.1 Å². The van der Waals surface area contributed by atoms with Crippen LogP contribution in [-0.2, 0) is 18.0 Å². The van der Waals surface area contributed by atoms with E-state index in [-0.39, 0.29) is 12.3 Å². The number of hydrogen-bond acceptors (Lipinski definition) is 5. The fraction of sp³-hybridized carbons (Fsp3) is 0.500. The molecule has 0 unspecified atom stereocenters. The topological polar surface area (TPSA) is 95.1 Å². The summed E-state index contributed by atoms with van der Waals surface area (Å²) in [5, 5.41) is 9.61. The van der Waals surface area contributed by atoms with Gasteiger partial charge in [0.15, 0.2) is 5.65 Å². The third-order valence-electron chi connectivity index (χ3n) is 5.08. The highest BCUT2D eigenvalue weighted by Gasteiger charge is 2.22. The molecule has 0 spiro atoms. The Morgan fingerprint density at radius 3 is 2.72 bits per heavy atom. The molecule has 154 valence electrons. The van der Waals surface area contributed by atoms with E-state index in [0.717, 1.165) is 18.5 Å². The monoisotopic (exact) mass is 413 g/mol. The van der Waals surface area contributed by atoms with Crippen molar-refractivity contribution in [2.45, 2.75) is 51.8 Å². The van der Waals surface area contributed by atoms with E-state index in [1.54, 1.807) is 23.3 Å². The molecule has 1 aliphatic carbocycles. The fourth-order valence-corrected chi connectivity index (χ4v) is 3.92. The lowest BCUT2D eigenvalue weighted by Crippen LogP contribution is -2.22. The number of carboxylic acid groups (broad SMARTS) is 1. The van der Waals surface area contributed by atoms with E-state index in [1.165, 1.54) is 12.8 Å². The summed E-state index contributed by atoms with van der Waals surface area (Å²) < 4.78 is 9.56. The van der Waals surface area contributed by atoms with Gasteiger partial charge in [-0.15, -0.1) is 0 Å². The van der Waals surface area contributed by atoms with Gasteiger partial charge in [0, 0.05) is 33.6 Å². The first kappa shape index (κ1) is 19.8. The number of ether oxygens (including phenoxy) is 1. The second-order valence-corrected chi connectivity index (χ2v) is 14.6. The van der Waals surface area contributed by atoms with Gasteiger partial charge in [0.05, 0.1) is 12.5 Å². The first-order valence-electron chi connectivity index (χ1n) is 9.99. The van der Waals surface area contributed by atoms with Crippen molar-refractivity contribution in [3.63, 3.8) is 0 Å². The van der Waals surface area contributed by atoms with Crippen molar-refractivity contribution in [2.24, 2.45) is 5.92 Å². The number of carboxylic acids is 1. The van der Waals surface area contributed by atoms with Crippen molar-refractivity contribution >= 4 is 25.2 Å². The van der Waals surface area contributed by atoms with Crippen LogP contribution >= 0.6 is 0 Å². The van der Waals surface area contributed by atoms with Crippen LogP contribution in [0.15, 0.2) is 24.9 Å². The normalized spacial score (nSPS) is 14.6. The maximum Gasteiger partial charge on any atom is 0.339 e. The minimum Gasteiger partial charge on any atom is -0.478 e. The van der Waals surface area contributed by atoms with Gasteiger partial charge in [-0.2, -0.15) is 0 Å². The highest BCUT2D eigenvalue weighted by molar-refractivity contribution is 6.76. The number of aromatic carboxylic acids is 1. The van der Waals surface area contributed by atoms with Crippen LogP contribution in [0, 0.1) is 5.92 Å². The Labute approximate surface area is 170 Å². The van der Waals surface area contributed by atoms with Crippen molar-refractivity contribution in [3.05, 3.63) is 30.5 Å². The average molecular weight is 414 g/mol. The molecule has 0 saturated heterocycles. The highest BCUT2D eigenvalue weighted by Crippen LogP contribution is 2.31. The summed E-state index contributed by atoms with van der Waals surface area (Å²) in [5.74, 6) is -0.277.